The van der Waals surface area contributed by atoms with Crippen molar-refractivity contribution in [1.82, 2.24) is 5.32 Å². The van der Waals surface area contributed by atoms with Gasteiger partial charge in [-0.1, -0.05) is 29.8 Å². The Morgan fingerprint density at radius 3 is 2.57 bits per heavy atom. The molecule has 5 heteroatoms. The van der Waals surface area contributed by atoms with Gasteiger partial charge in [0, 0.05) is 6.08 Å². The lowest BCUT2D eigenvalue weighted by Crippen LogP contribution is -2.41. The van der Waals surface area contributed by atoms with E-state index in [0.717, 1.165) is 11.3 Å². The number of carbonyl (C=O) groups excluding carboxylic acids is 2. The van der Waals surface area contributed by atoms with Crippen LogP contribution in [0.25, 0.3) is 6.08 Å². The highest BCUT2D eigenvalue weighted by Gasteiger charge is 2.19. The minimum absolute atomic E-state index is 0.299. The average molecular weight is 307 g/mol. The average Bonchev–Trinajstić information content (AvgIpc) is 2.50. The van der Waals surface area contributed by atoms with Gasteiger partial charge in [-0.05, 0) is 37.0 Å². The zero-order valence-corrected chi connectivity index (χ0v) is 13.4. The maximum Gasteiger partial charge on any atom is 0.328 e. The number of thioether (sulfide) groups is 1. The lowest BCUT2D eigenvalue weighted by molar-refractivity contribution is -0.144. The summed E-state index contributed by atoms with van der Waals surface area (Å²) in [5.74, 6) is 0.0649. The number of rotatable bonds is 7. The van der Waals surface area contributed by atoms with E-state index in [1.165, 1.54) is 18.7 Å². The summed E-state index contributed by atoms with van der Waals surface area (Å²) in [6, 6.07) is 7.23. The molecule has 1 rings (SSSR count). The van der Waals surface area contributed by atoms with Gasteiger partial charge >= 0.3 is 5.97 Å². The molecule has 0 aliphatic rings. The first-order valence-electron chi connectivity index (χ1n) is 6.69. The second kappa shape index (κ2) is 9.23. The van der Waals surface area contributed by atoms with Crippen LogP contribution in [0.2, 0.25) is 0 Å². The monoisotopic (exact) mass is 307 g/mol. The molecule has 0 unspecified atom stereocenters. The van der Waals surface area contributed by atoms with Gasteiger partial charge in [0.1, 0.15) is 6.04 Å². The van der Waals surface area contributed by atoms with Crippen molar-refractivity contribution >= 4 is 29.7 Å². The minimum Gasteiger partial charge on any atom is -0.467 e. The molecule has 0 radical (unpaired) electrons. The van der Waals surface area contributed by atoms with Gasteiger partial charge in [0.25, 0.3) is 0 Å². The van der Waals surface area contributed by atoms with Gasteiger partial charge in [0.05, 0.1) is 7.11 Å². The van der Waals surface area contributed by atoms with Crippen molar-refractivity contribution < 1.29 is 14.3 Å². The standard InChI is InChI=1S/C16H21NO3S/c1-12-4-6-13(7-5-12)8-9-15(18)17-14(10-11-21-3)16(19)20-2/h4-9,14H,10-11H2,1-3H3,(H,17,18)/b9-8+/t14-/m1/s1. The number of nitrogens with one attached hydrogen (secondary N) is 1. The van der Waals surface area contributed by atoms with Crippen LogP contribution in [-0.2, 0) is 14.3 Å². The molecular weight excluding hydrogens is 286 g/mol. The summed E-state index contributed by atoms with van der Waals surface area (Å²) in [6.45, 7) is 2.01. The Bertz CT molecular complexity index is 497. The number of carbonyl (C=O) groups is 2. The molecule has 1 aromatic rings. The Labute approximate surface area is 130 Å². The van der Waals surface area contributed by atoms with Crippen LogP contribution in [0.15, 0.2) is 30.3 Å². The van der Waals surface area contributed by atoms with Crippen LogP contribution < -0.4 is 5.32 Å². The second-order valence-electron chi connectivity index (χ2n) is 4.61. The third-order valence-corrected chi connectivity index (χ3v) is 3.56. The molecule has 0 aliphatic carbocycles. The van der Waals surface area contributed by atoms with Crippen LogP contribution in [0.1, 0.15) is 17.5 Å². The molecule has 0 heterocycles. The lowest BCUT2D eigenvalue weighted by atomic mass is 10.1. The zero-order valence-electron chi connectivity index (χ0n) is 12.6. The number of hydrogen-bond acceptors (Lipinski definition) is 4. The van der Waals surface area contributed by atoms with Crippen molar-refractivity contribution in [3.8, 4) is 0 Å². The first-order valence-corrected chi connectivity index (χ1v) is 8.08. The number of hydrogen-bond donors (Lipinski definition) is 1. The van der Waals surface area contributed by atoms with Crippen molar-refractivity contribution in [3.05, 3.63) is 41.5 Å². The largest absolute Gasteiger partial charge is 0.467 e. The number of esters is 1. The summed E-state index contributed by atoms with van der Waals surface area (Å²) in [5, 5.41) is 2.67. The van der Waals surface area contributed by atoms with Crippen LogP contribution in [-0.4, -0.2) is 37.0 Å². The van der Waals surface area contributed by atoms with Crippen molar-refractivity contribution in [3.63, 3.8) is 0 Å². The number of benzene rings is 1. The van der Waals surface area contributed by atoms with Gasteiger partial charge in [0.2, 0.25) is 5.91 Å². The van der Waals surface area contributed by atoms with Crippen molar-refractivity contribution in [2.75, 3.05) is 19.1 Å². The van der Waals surface area contributed by atoms with Crippen LogP contribution in [0.4, 0.5) is 0 Å². The molecule has 4 nitrogen and oxygen atoms in total. The Hall–Kier alpha value is -1.75. The first kappa shape index (κ1) is 17.3. The van der Waals surface area contributed by atoms with Crippen molar-refractivity contribution in [2.45, 2.75) is 19.4 Å². The van der Waals surface area contributed by atoms with E-state index in [2.05, 4.69) is 5.32 Å². The molecule has 0 saturated carbocycles. The molecular formula is C16H21NO3S. The van der Waals surface area contributed by atoms with E-state index in [1.807, 2.05) is 37.4 Å². The first-order chi connectivity index (χ1) is 10.1. The number of methoxy groups -OCH3 is 1. The molecule has 0 saturated heterocycles. The zero-order chi connectivity index (χ0) is 15.7. The van der Waals surface area contributed by atoms with Gasteiger partial charge in [-0.15, -0.1) is 0 Å². The van der Waals surface area contributed by atoms with Crippen molar-refractivity contribution in [1.29, 1.82) is 0 Å². The van der Waals surface area contributed by atoms with Crippen LogP contribution in [0.5, 0.6) is 0 Å². The quantitative estimate of drug-likeness (QED) is 0.621. The Kier molecular flexibility index (Phi) is 7.61. The molecule has 0 fully saturated rings. The molecule has 1 amide bonds. The Balaban J connectivity index is 2.60. The molecule has 1 N–H and O–H groups in total. The normalized spacial score (nSPS) is 12.1. The van der Waals surface area contributed by atoms with Gasteiger partial charge in [0.15, 0.2) is 0 Å². The smallest absolute Gasteiger partial charge is 0.328 e. The molecule has 0 aromatic heterocycles. The lowest BCUT2D eigenvalue weighted by Gasteiger charge is -2.14. The van der Waals surface area contributed by atoms with Crippen LogP contribution >= 0.6 is 11.8 Å². The maximum atomic E-state index is 11.9. The highest BCUT2D eigenvalue weighted by atomic mass is 32.2. The fourth-order valence-corrected chi connectivity index (χ4v) is 2.17. The number of amides is 1. The second-order valence-corrected chi connectivity index (χ2v) is 5.60. The van der Waals surface area contributed by atoms with Crippen LogP contribution in [0.3, 0.4) is 0 Å². The number of ether oxygens (including phenoxy) is 1. The fraction of sp³-hybridized carbons (Fsp3) is 0.375. The third kappa shape index (κ3) is 6.49. The van der Waals surface area contributed by atoms with E-state index < -0.39 is 12.0 Å². The topological polar surface area (TPSA) is 55.4 Å². The van der Waals surface area contributed by atoms with Crippen LogP contribution in [0, 0.1) is 6.92 Å². The molecule has 21 heavy (non-hydrogen) atoms. The van der Waals surface area contributed by atoms with Gasteiger partial charge in [-0.2, -0.15) is 11.8 Å². The summed E-state index contributed by atoms with van der Waals surface area (Å²) in [6.07, 6.45) is 5.66. The highest BCUT2D eigenvalue weighted by Crippen LogP contribution is 2.06. The van der Waals surface area contributed by atoms with E-state index in [4.69, 9.17) is 4.74 Å². The van der Waals surface area contributed by atoms with Gasteiger partial charge in [-0.25, -0.2) is 4.79 Å². The van der Waals surface area contributed by atoms with E-state index in [0.29, 0.717) is 6.42 Å². The van der Waals surface area contributed by atoms with E-state index in [9.17, 15) is 9.59 Å². The molecule has 0 spiro atoms. The highest BCUT2D eigenvalue weighted by molar-refractivity contribution is 7.98. The van der Waals surface area contributed by atoms with Crippen molar-refractivity contribution in [2.24, 2.45) is 0 Å². The molecule has 1 aromatic carbocycles. The Morgan fingerprint density at radius 2 is 2.00 bits per heavy atom. The summed E-state index contributed by atoms with van der Waals surface area (Å²) in [7, 11) is 1.32. The van der Waals surface area contributed by atoms with Gasteiger partial charge in [-0.3, -0.25) is 4.79 Å². The minimum atomic E-state index is -0.599. The predicted molar refractivity (Wildman–Crippen MR) is 87.2 cm³/mol. The van der Waals surface area contributed by atoms with E-state index in [1.54, 1.807) is 17.8 Å². The summed E-state index contributed by atoms with van der Waals surface area (Å²) < 4.78 is 4.70. The summed E-state index contributed by atoms with van der Waals surface area (Å²) in [4.78, 5) is 23.5. The Morgan fingerprint density at radius 1 is 1.33 bits per heavy atom. The molecule has 0 bridgehead atoms. The van der Waals surface area contributed by atoms with E-state index >= 15 is 0 Å². The SMILES string of the molecule is COC(=O)[C@@H](CCSC)NC(=O)/C=C/c1ccc(C)cc1. The van der Waals surface area contributed by atoms with E-state index in [-0.39, 0.29) is 5.91 Å². The summed E-state index contributed by atoms with van der Waals surface area (Å²) >= 11 is 1.62. The maximum absolute atomic E-state index is 11.9. The number of aryl methyl sites for hydroxylation is 1. The molecule has 0 aliphatic heterocycles. The van der Waals surface area contributed by atoms with Gasteiger partial charge < -0.3 is 10.1 Å². The summed E-state index contributed by atoms with van der Waals surface area (Å²) in [5.41, 5.74) is 2.11. The fourth-order valence-electron chi connectivity index (χ4n) is 1.70. The third-order valence-electron chi connectivity index (χ3n) is 2.92. The molecule has 114 valence electrons. The molecule has 1 atom stereocenters. The predicted octanol–water partition coefficient (Wildman–Crippen LogP) is 2.42.